The summed E-state index contributed by atoms with van der Waals surface area (Å²) in [4.78, 5) is 36.6. The van der Waals surface area contributed by atoms with E-state index in [1.807, 2.05) is 66.7 Å². The molecule has 10 heteroatoms. The minimum Gasteiger partial charge on any atom is -0.490 e. The van der Waals surface area contributed by atoms with Crippen molar-refractivity contribution < 1.29 is 28.5 Å². The zero-order valence-electron chi connectivity index (χ0n) is 26.9. The molecular weight excluding hydrogens is 608 g/mol. The number of anilines is 1. The van der Waals surface area contributed by atoms with E-state index < -0.39 is 5.41 Å². The number of carbonyl (C=O) groups excluding carboxylic acids is 2. The lowest BCUT2D eigenvalue weighted by Gasteiger charge is -2.33. The summed E-state index contributed by atoms with van der Waals surface area (Å²) in [6.45, 7) is 2.42. The maximum Gasteiger partial charge on any atom is 0.240 e. The van der Waals surface area contributed by atoms with Crippen LogP contribution in [-0.2, 0) is 9.59 Å². The van der Waals surface area contributed by atoms with E-state index in [0.717, 1.165) is 25.7 Å². The molecular formula is C38H38N4O6. The molecule has 0 saturated carbocycles. The largest absolute Gasteiger partial charge is 0.490 e. The fourth-order valence-corrected chi connectivity index (χ4v) is 4.99. The standard InChI is InChI=1S/C38H38N4O6/c1-2-3-4-5-22-37(44)42-32-17-9-13-21-36(32)48-26-38(25-47-35-20-12-8-16-31(35)41-28-43)23-45-33-18-10-6-14-29(33)39-27-40-30-15-7-11-19-34(30)46-24-38/h6-21H,2-5,22-26H2,1H3,(H,42,44). The molecule has 0 unspecified atom stereocenters. The molecule has 0 atom stereocenters. The Bertz CT molecular complexity index is 1740. The summed E-state index contributed by atoms with van der Waals surface area (Å²) in [7, 11) is 0. The third-order valence-corrected chi connectivity index (χ3v) is 7.66. The highest BCUT2D eigenvalue weighted by Gasteiger charge is 2.37. The lowest BCUT2D eigenvalue weighted by atomic mass is 9.92. The summed E-state index contributed by atoms with van der Waals surface area (Å²) in [5, 5.41) is 3.01. The van der Waals surface area contributed by atoms with Crippen LogP contribution in [0.3, 0.4) is 0 Å². The molecule has 1 heterocycles. The molecule has 0 saturated heterocycles. The fraction of sp³-hybridized carbons (Fsp3) is 0.289. The minimum atomic E-state index is -0.956. The number of hydrogen-bond donors (Lipinski definition) is 1. The van der Waals surface area contributed by atoms with E-state index in [0.29, 0.717) is 52.2 Å². The molecule has 0 aromatic heterocycles. The van der Waals surface area contributed by atoms with Gasteiger partial charge in [0.15, 0.2) is 0 Å². The first-order valence-electron chi connectivity index (χ1n) is 16.0. The molecule has 246 valence electrons. The normalized spacial score (nSPS) is 15.2. The average molecular weight is 647 g/mol. The van der Waals surface area contributed by atoms with Crippen LogP contribution in [0, 0.1) is 5.41 Å². The first-order valence-corrected chi connectivity index (χ1v) is 16.0. The topological polar surface area (TPSA) is 120 Å². The number of para-hydroxylation sites is 8. The van der Waals surface area contributed by atoms with Gasteiger partial charge in [-0.3, -0.25) is 4.79 Å². The van der Waals surface area contributed by atoms with Gasteiger partial charge in [0, 0.05) is 6.42 Å². The minimum absolute atomic E-state index is 0.0429. The molecule has 0 radical (unpaired) electrons. The third kappa shape index (κ3) is 9.42. The molecule has 4 aromatic rings. The second-order valence-corrected chi connectivity index (χ2v) is 11.4. The molecule has 1 N–H and O–H groups in total. The molecule has 0 fully saturated rings. The highest BCUT2D eigenvalue weighted by atomic mass is 16.5. The third-order valence-electron chi connectivity index (χ3n) is 7.66. The Hall–Kier alpha value is -5.69. The van der Waals surface area contributed by atoms with Crippen molar-refractivity contribution in [1.82, 2.24) is 0 Å². The van der Waals surface area contributed by atoms with E-state index in [4.69, 9.17) is 18.9 Å². The Labute approximate surface area is 280 Å². The molecule has 0 bridgehead atoms. The van der Waals surface area contributed by atoms with E-state index in [9.17, 15) is 9.59 Å². The Kier molecular flexibility index (Phi) is 12.1. The van der Waals surface area contributed by atoms with E-state index in [1.54, 1.807) is 36.4 Å². The second kappa shape index (κ2) is 17.3. The summed E-state index contributed by atoms with van der Waals surface area (Å²) in [6, 6.07) is 31.7. The first kappa shape index (κ1) is 33.7. The fourth-order valence-electron chi connectivity index (χ4n) is 4.99. The molecule has 0 spiro atoms. The second-order valence-electron chi connectivity index (χ2n) is 11.4. The number of nitrogens with zero attached hydrogens (tertiary/aromatic N) is 3. The van der Waals surface area contributed by atoms with Crippen LogP contribution in [0.2, 0.25) is 0 Å². The quantitative estimate of drug-likeness (QED) is 0.0882. The number of unbranched alkanes of at least 4 members (excludes halogenated alkanes) is 3. The van der Waals surface area contributed by atoms with Gasteiger partial charge in [0.05, 0.1) is 5.69 Å². The van der Waals surface area contributed by atoms with Crippen LogP contribution < -0.4 is 24.3 Å². The predicted molar refractivity (Wildman–Crippen MR) is 185 cm³/mol. The van der Waals surface area contributed by atoms with Crippen LogP contribution in [0.15, 0.2) is 112 Å². The number of nitrogens with one attached hydrogen (secondary N) is 1. The number of aliphatic imine (C=N–C) groups is 3. The lowest BCUT2D eigenvalue weighted by molar-refractivity contribution is -0.116. The molecule has 5 rings (SSSR count). The van der Waals surface area contributed by atoms with Crippen molar-refractivity contribution in [2.45, 2.75) is 39.0 Å². The van der Waals surface area contributed by atoms with Gasteiger partial charge < -0.3 is 24.3 Å². The van der Waals surface area contributed by atoms with Crippen LogP contribution in [-0.4, -0.2) is 44.4 Å². The van der Waals surface area contributed by atoms with Gasteiger partial charge in [0.25, 0.3) is 0 Å². The van der Waals surface area contributed by atoms with Crippen molar-refractivity contribution in [3.8, 4) is 23.0 Å². The highest BCUT2D eigenvalue weighted by molar-refractivity contribution is 5.92. The maximum atomic E-state index is 12.8. The van der Waals surface area contributed by atoms with Crippen molar-refractivity contribution in [3.63, 3.8) is 0 Å². The van der Waals surface area contributed by atoms with Gasteiger partial charge >= 0.3 is 0 Å². The zero-order chi connectivity index (χ0) is 33.4. The smallest absolute Gasteiger partial charge is 0.240 e. The van der Waals surface area contributed by atoms with Crippen LogP contribution in [0.5, 0.6) is 23.0 Å². The van der Waals surface area contributed by atoms with Crippen molar-refractivity contribution in [2.75, 3.05) is 31.7 Å². The summed E-state index contributed by atoms with van der Waals surface area (Å²) >= 11 is 0. The number of hydrogen-bond acceptors (Lipinski definition) is 9. The number of benzene rings is 4. The Morgan fingerprint density at radius 2 is 1.40 bits per heavy atom. The van der Waals surface area contributed by atoms with Gasteiger partial charge in [-0.15, -0.1) is 0 Å². The van der Waals surface area contributed by atoms with Gasteiger partial charge in [-0.25, -0.2) is 4.79 Å². The molecule has 1 aliphatic heterocycles. The van der Waals surface area contributed by atoms with Gasteiger partial charge in [0.2, 0.25) is 12.0 Å². The van der Waals surface area contributed by atoms with Crippen molar-refractivity contribution in [3.05, 3.63) is 97.1 Å². The summed E-state index contributed by atoms with van der Waals surface area (Å²) in [5.74, 6) is 1.84. The van der Waals surface area contributed by atoms with Crippen molar-refractivity contribution >= 4 is 40.7 Å². The molecule has 0 aliphatic carbocycles. The van der Waals surface area contributed by atoms with Gasteiger partial charge in [0.1, 0.15) is 77.9 Å². The Morgan fingerprint density at radius 3 is 2.06 bits per heavy atom. The number of fused-ring (bicyclic) bond motifs is 2. The number of rotatable bonds is 13. The SMILES string of the molecule is CCCCCCC(=O)Nc1ccccc1OCC1(COc2ccccc2N=C=O)COc2ccccc2N=C=Nc2ccccc2OC1. The predicted octanol–water partition coefficient (Wildman–Crippen LogP) is 8.62. The summed E-state index contributed by atoms with van der Waals surface area (Å²) in [6.07, 6.45) is 6.05. The number of ether oxygens (including phenoxy) is 4. The summed E-state index contributed by atoms with van der Waals surface area (Å²) < 4.78 is 25.6. The van der Waals surface area contributed by atoms with Gasteiger partial charge in [-0.2, -0.15) is 15.0 Å². The van der Waals surface area contributed by atoms with Gasteiger partial charge in [-0.1, -0.05) is 74.7 Å². The lowest BCUT2D eigenvalue weighted by Crippen LogP contribution is -2.45. The van der Waals surface area contributed by atoms with Crippen molar-refractivity contribution in [1.29, 1.82) is 0 Å². The highest BCUT2D eigenvalue weighted by Crippen LogP contribution is 2.35. The molecule has 48 heavy (non-hydrogen) atoms. The number of carbonyl (C=O) groups is 1. The molecule has 1 amide bonds. The number of isocyanates is 1. The average Bonchev–Trinajstić information content (AvgIpc) is 3.11. The van der Waals surface area contributed by atoms with E-state index in [2.05, 4.69) is 33.2 Å². The van der Waals surface area contributed by atoms with Crippen LogP contribution in [0.25, 0.3) is 0 Å². The monoisotopic (exact) mass is 646 g/mol. The summed E-state index contributed by atoms with van der Waals surface area (Å²) in [5.41, 5.74) is 1.04. The first-order chi connectivity index (χ1) is 23.6. The van der Waals surface area contributed by atoms with E-state index >= 15 is 0 Å². The van der Waals surface area contributed by atoms with E-state index in [1.165, 1.54) is 0 Å². The maximum absolute atomic E-state index is 12.8. The van der Waals surface area contributed by atoms with Crippen LogP contribution >= 0.6 is 0 Å². The Morgan fingerprint density at radius 1 is 0.812 bits per heavy atom. The molecule has 4 aromatic carbocycles. The van der Waals surface area contributed by atoms with Crippen LogP contribution in [0.1, 0.15) is 39.0 Å². The van der Waals surface area contributed by atoms with Gasteiger partial charge in [-0.05, 0) is 55.0 Å². The van der Waals surface area contributed by atoms with E-state index in [-0.39, 0.29) is 32.3 Å². The molecule has 1 aliphatic rings. The van der Waals surface area contributed by atoms with Crippen LogP contribution in [0.4, 0.5) is 22.7 Å². The van der Waals surface area contributed by atoms with Crippen molar-refractivity contribution in [2.24, 2.45) is 20.4 Å². The molecule has 10 nitrogen and oxygen atoms in total. The zero-order valence-corrected chi connectivity index (χ0v) is 26.9. The number of amides is 1. The Balaban J connectivity index is 1.47.